The molecular formula is C14H26F3N. The van der Waals surface area contributed by atoms with Gasteiger partial charge < -0.3 is 0 Å². The zero-order valence-electron chi connectivity index (χ0n) is 11.9. The van der Waals surface area contributed by atoms with E-state index in [0.29, 0.717) is 12.5 Å². The average Bonchev–Trinajstić information content (AvgIpc) is 2.98. The van der Waals surface area contributed by atoms with Gasteiger partial charge in [-0.1, -0.05) is 27.2 Å². The van der Waals surface area contributed by atoms with E-state index in [0.717, 1.165) is 25.7 Å². The normalized spacial score (nSPS) is 20.5. The molecule has 0 bridgehead atoms. The number of nitrogens with zero attached hydrogens (tertiary/aromatic N) is 1. The highest BCUT2D eigenvalue weighted by atomic mass is 19.4. The summed E-state index contributed by atoms with van der Waals surface area (Å²) in [5.74, 6) is 0.107. The molecule has 0 spiro atoms. The molecule has 0 aromatic heterocycles. The quantitative estimate of drug-likeness (QED) is 0.656. The molecule has 0 aliphatic heterocycles. The van der Waals surface area contributed by atoms with Crippen LogP contribution in [0.15, 0.2) is 0 Å². The second-order valence-corrected chi connectivity index (χ2v) is 6.01. The maximum Gasteiger partial charge on any atom is 0.404 e. The fourth-order valence-corrected chi connectivity index (χ4v) is 2.70. The first-order valence-electron chi connectivity index (χ1n) is 7.09. The molecule has 1 rings (SSSR count). The summed E-state index contributed by atoms with van der Waals surface area (Å²) in [6, 6.07) is -1.27. The molecule has 0 heterocycles. The van der Waals surface area contributed by atoms with E-state index in [1.165, 1.54) is 0 Å². The smallest absolute Gasteiger partial charge is 0.289 e. The Morgan fingerprint density at radius 1 is 1.17 bits per heavy atom. The van der Waals surface area contributed by atoms with E-state index in [2.05, 4.69) is 0 Å². The van der Waals surface area contributed by atoms with Crippen molar-refractivity contribution in [2.75, 3.05) is 6.54 Å². The molecule has 1 fully saturated rings. The molecule has 0 unspecified atom stereocenters. The van der Waals surface area contributed by atoms with E-state index in [1.807, 2.05) is 13.8 Å². The summed E-state index contributed by atoms with van der Waals surface area (Å²) in [4.78, 5) is 1.71. The van der Waals surface area contributed by atoms with Gasteiger partial charge in [-0.3, -0.25) is 4.90 Å². The monoisotopic (exact) mass is 265 g/mol. The van der Waals surface area contributed by atoms with Crippen LogP contribution in [0.5, 0.6) is 0 Å². The second-order valence-electron chi connectivity index (χ2n) is 6.01. The van der Waals surface area contributed by atoms with E-state index in [4.69, 9.17) is 0 Å². The van der Waals surface area contributed by atoms with Crippen molar-refractivity contribution in [3.8, 4) is 0 Å². The van der Waals surface area contributed by atoms with Crippen molar-refractivity contribution in [1.82, 2.24) is 4.90 Å². The molecule has 0 aromatic rings. The Balaban J connectivity index is 2.82. The fourth-order valence-electron chi connectivity index (χ4n) is 2.70. The van der Waals surface area contributed by atoms with E-state index >= 15 is 0 Å². The topological polar surface area (TPSA) is 3.24 Å². The standard InChI is InChI=1S/C14H26F3N/c1-5-6-11(4)18(9-12-7-8-12)13(10(2)3)14(15,16)17/h10-13H,5-9H2,1-4H3/t11-,13-/m1/s1. The van der Waals surface area contributed by atoms with Crippen LogP contribution < -0.4 is 0 Å². The summed E-state index contributed by atoms with van der Waals surface area (Å²) < 4.78 is 39.8. The fraction of sp³-hybridized carbons (Fsp3) is 1.00. The van der Waals surface area contributed by atoms with Crippen molar-refractivity contribution in [2.45, 2.75) is 71.6 Å². The Hall–Kier alpha value is -0.250. The number of rotatable bonds is 7. The Labute approximate surface area is 109 Å². The van der Waals surface area contributed by atoms with Crippen LogP contribution in [-0.2, 0) is 0 Å². The Morgan fingerprint density at radius 3 is 2.06 bits per heavy atom. The van der Waals surface area contributed by atoms with Gasteiger partial charge in [-0.25, -0.2) is 0 Å². The third-order valence-electron chi connectivity index (χ3n) is 3.76. The molecule has 0 amide bonds. The minimum atomic E-state index is -4.12. The summed E-state index contributed by atoms with van der Waals surface area (Å²) in [6.07, 6.45) is -0.155. The lowest BCUT2D eigenvalue weighted by atomic mass is 9.98. The molecule has 0 N–H and O–H groups in total. The zero-order valence-corrected chi connectivity index (χ0v) is 11.9. The van der Waals surface area contributed by atoms with Crippen molar-refractivity contribution in [2.24, 2.45) is 11.8 Å². The highest BCUT2D eigenvalue weighted by molar-refractivity contribution is 4.89. The maximum absolute atomic E-state index is 13.3. The van der Waals surface area contributed by atoms with Crippen LogP contribution in [0, 0.1) is 11.8 Å². The predicted octanol–water partition coefficient (Wildman–Crippen LogP) is 4.47. The second kappa shape index (κ2) is 6.27. The average molecular weight is 265 g/mol. The van der Waals surface area contributed by atoms with E-state index < -0.39 is 12.2 Å². The first kappa shape index (κ1) is 15.8. The third-order valence-corrected chi connectivity index (χ3v) is 3.76. The molecule has 1 aliphatic carbocycles. The molecule has 108 valence electrons. The van der Waals surface area contributed by atoms with Gasteiger partial charge in [0.15, 0.2) is 0 Å². The number of hydrogen-bond donors (Lipinski definition) is 0. The summed E-state index contributed by atoms with van der Waals surface area (Å²) in [7, 11) is 0. The molecule has 1 saturated carbocycles. The Kier molecular flexibility index (Phi) is 5.50. The molecule has 1 aliphatic rings. The summed E-state index contributed by atoms with van der Waals surface area (Å²) in [5, 5.41) is 0. The van der Waals surface area contributed by atoms with E-state index in [1.54, 1.807) is 18.7 Å². The summed E-state index contributed by atoms with van der Waals surface area (Å²) in [5.41, 5.74) is 0. The molecule has 2 atom stereocenters. The van der Waals surface area contributed by atoms with Crippen LogP contribution in [0.3, 0.4) is 0 Å². The minimum absolute atomic E-state index is 0.0182. The maximum atomic E-state index is 13.3. The van der Waals surface area contributed by atoms with Gasteiger partial charge in [0.2, 0.25) is 0 Å². The van der Waals surface area contributed by atoms with E-state index in [9.17, 15) is 13.2 Å². The van der Waals surface area contributed by atoms with Crippen LogP contribution in [-0.4, -0.2) is 29.7 Å². The van der Waals surface area contributed by atoms with Gasteiger partial charge in [0.25, 0.3) is 0 Å². The van der Waals surface area contributed by atoms with Gasteiger partial charge in [0, 0.05) is 12.6 Å². The van der Waals surface area contributed by atoms with Gasteiger partial charge >= 0.3 is 6.18 Å². The molecular weight excluding hydrogens is 239 g/mol. The summed E-state index contributed by atoms with van der Waals surface area (Å²) in [6.45, 7) is 7.94. The molecule has 0 radical (unpaired) electrons. The Morgan fingerprint density at radius 2 is 1.72 bits per heavy atom. The van der Waals surface area contributed by atoms with Crippen molar-refractivity contribution in [1.29, 1.82) is 0 Å². The minimum Gasteiger partial charge on any atom is -0.289 e. The van der Waals surface area contributed by atoms with Gasteiger partial charge in [-0.05, 0) is 38.0 Å². The SMILES string of the molecule is CCC[C@@H](C)N(CC1CC1)[C@H](C(C)C)C(F)(F)F. The lowest BCUT2D eigenvalue weighted by Gasteiger charge is -2.39. The van der Waals surface area contributed by atoms with Gasteiger partial charge in [0.1, 0.15) is 6.04 Å². The zero-order chi connectivity index (χ0) is 13.9. The van der Waals surface area contributed by atoms with Crippen molar-refractivity contribution >= 4 is 0 Å². The van der Waals surface area contributed by atoms with Crippen LogP contribution in [0.4, 0.5) is 13.2 Å². The number of halogens is 3. The van der Waals surface area contributed by atoms with Gasteiger partial charge in [-0.2, -0.15) is 13.2 Å². The van der Waals surface area contributed by atoms with Gasteiger partial charge in [0.05, 0.1) is 0 Å². The summed E-state index contributed by atoms with van der Waals surface area (Å²) >= 11 is 0. The van der Waals surface area contributed by atoms with Crippen molar-refractivity contribution in [3.63, 3.8) is 0 Å². The van der Waals surface area contributed by atoms with Crippen LogP contribution in [0.25, 0.3) is 0 Å². The molecule has 1 nitrogen and oxygen atoms in total. The first-order valence-corrected chi connectivity index (χ1v) is 7.09. The Bertz CT molecular complexity index is 246. The predicted molar refractivity (Wildman–Crippen MR) is 68.5 cm³/mol. The van der Waals surface area contributed by atoms with Gasteiger partial charge in [-0.15, -0.1) is 0 Å². The van der Waals surface area contributed by atoms with Crippen LogP contribution in [0.2, 0.25) is 0 Å². The molecule has 0 saturated heterocycles. The molecule has 4 heteroatoms. The van der Waals surface area contributed by atoms with Crippen LogP contribution >= 0.6 is 0 Å². The van der Waals surface area contributed by atoms with E-state index in [-0.39, 0.29) is 12.0 Å². The lowest BCUT2D eigenvalue weighted by Crippen LogP contribution is -2.53. The highest BCUT2D eigenvalue weighted by Crippen LogP contribution is 2.37. The molecule has 0 aromatic carbocycles. The third kappa shape index (κ3) is 4.45. The molecule has 18 heavy (non-hydrogen) atoms. The van der Waals surface area contributed by atoms with Crippen molar-refractivity contribution in [3.05, 3.63) is 0 Å². The highest BCUT2D eigenvalue weighted by Gasteiger charge is 2.47. The first-order chi connectivity index (χ1) is 8.27. The van der Waals surface area contributed by atoms with Crippen molar-refractivity contribution < 1.29 is 13.2 Å². The van der Waals surface area contributed by atoms with Crippen LogP contribution in [0.1, 0.15) is 53.4 Å². The largest absolute Gasteiger partial charge is 0.404 e. The number of hydrogen-bond acceptors (Lipinski definition) is 1. The number of alkyl halides is 3. The lowest BCUT2D eigenvalue weighted by molar-refractivity contribution is -0.201.